The highest BCUT2D eigenvalue weighted by atomic mass is 16.3. The van der Waals surface area contributed by atoms with Gasteiger partial charge in [-0.25, -0.2) is 4.98 Å². The molecule has 0 amide bonds. The number of hydrogen-bond acceptors (Lipinski definition) is 5. The maximum absolute atomic E-state index is 6.19. The van der Waals surface area contributed by atoms with Crippen molar-refractivity contribution >= 4 is 65.3 Å². The van der Waals surface area contributed by atoms with Gasteiger partial charge in [-0.3, -0.25) is 9.55 Å². The summed E-state index contributed by atoms with van der Waals surface area (Å²) in [4.78, 5) is 19.6. The first-order valence-corrected chi connectivity index (χ1v) is 15.2. The molecule has 46 heavy (non-hydrogen) atoms. The molecule has 0 spiro atoms. The average Bonchev–Trinajstić information content (AvgIpc) is 3.66. The zero-order valence-corrected chi connectivity index (χ0v) is 24.4. The van der Waals surface area contributed by atoms with Crippen molar-refractivity contribution in [2.24, 2.45) is 0 Å². The minimum atomic E-state index is 0.560. The number of rotatable bonds is 3. The van der Waals surface area contributed by atoms with E-state index in [1.807, 2.05) is 12.1 Å². The molecule has 0 atom stereocenters. The molecular formula is C40H23N5O. The number of fused-ring (bicyclic) bond motifs is 9. The summed E-state index contributed by atoms with van der Waals surface area (Å²) in [6, 6.07) is 44.2. The number of pyridine rings is 1. The third-order valence-electron chi connectivity index (χ3n) is 8.94. The molecule has 4 heterocycles. The van der Waals surface area contributed by atoms with Gasteiger partial charge in [0.05, 0.1) is 17.2 Å². The molecule has 6 heteroatoms. The molecule has 10 aromatic rings. The van der Waals surface area contributed by atoms with E-state index in [0.29, 0.717) is 17.6 Å². The van der Waals surface area contributed by atoms with Crippen LogP contribution in [-0.4, -0.2) is 24.5 Å². The summed E-state index contributed by atoms with van der Waals surface area (Å²) in [5.41, 5.74) is 5.36. The Morgan fingerprint density at radius 2 is 1.07 bits per heavy atom. The van der Waals surface area contributed by atoms with Gasteiger partial charge in [0.25, 0.3) is 0 Å². The Morgan fingerprint density at radius 1 is 0.457 bits per heavy atom. The van der Waals surface area contributed by atoms with E-state index >= 15 is 0 Å². The van der Waals surface area contributed by atoms with E-state index in [1.54, 1.807) is 12.4 Å². The summed E-state index contributed by atoms with van der Waals surface area (Å²) in [5.74, 6) is 1.73. The highest BCUT2D eigenvalue weighted by molar-refractivity contribution is 6.10. The predicted molar refractivity (Wildman–Crippen MR) is 185 cm³/mol. The zero-order valence-electron chi connectivity index (χ0n) is 24.4. The molecule has 0 aliphatic rings. The molecule has 0 aliphatic carbocycles. The Morgan fingerprint density at radius 3 is 1.85 bits per heavy atom. The van der Waals surface area contributed by atoms with Crippen LogP contribution in [0, 0.1) is 0 Å². The molecule has 0 radical (unpaired) electrons. The second kappa shape index (κ2) is 9.55. The summed E-state index contributed by atoms with van der Waals surface area (Å²) >= 11 is 0. The maximum Gasteiger partial charge on any atom is 0.238 e. The second-order valence-electron chi connectivity index (χ2n) is 11.6. The summed E-state index contributed by atoms with van der Waals surface area (Å²) in [6.45, 7) is 0. The van der Waals surface area contributed by atoms with Gasteiger partial charge >= 0.3 is 0 Å². The van der Waals surface area contributed by atoms with Crippen molar-refractivity contribution < 1.29 is 4.42 Å². The lowest BCUT2D eigenvalue weighted by molar-refractivity contribution is 0.667. The monoisotopic (exact) mass is 589 g/mol. The van der Waals surface area contributed by atoms with E-state index in [9.17, 15) is 0 Å². The van der Waals surface area contributed by atoms with Crippen molar-refractivity contribution in [2.45, 2.75) is 0 Å². The molecular weight excluding hydrogens is 566 g/mol. The van der Waals surface area contributed by atoms with Crippen LogP contribution in [0.3, 0.4) is 0 Å². The summed E-state index contributed by atoms with van der Waals surface area (Å²) < 4.78 is 8.33. The first kappa shape index (κ1) is 25.0. The Hall–Kier alpha value is -6.40. The molecule has 0 saturated heterocycles. The zero-order chi connectivity index (χ0) is 30.2. The molecule has 0 fully saturated rings. The van der Waals surface area contributed by atoms with Crippen LogP contribution >= 0.6 is 0 Å². The van der Waals surface area contributed by atoms with Gasteiger partial charge in [0.1, 0.15) is 5.58 Å². The molecule has 4 aromatic heterocycles. The average molecular weight is 590 g/mol. The van der Waals surface area contributed by atoms with Gasteiger partial charge in [-0.05, 0) is 57.9 Å². The van der Waals surface area contributed by atoms with Gasteiger partial charge in [0, 0.05) is 38.9 Å². The largest absolute Gasteiger partial charge is 0.454 e. The van der Waals surface area contributed by atoms with Gasteiger partial charge in [0.15, 0.2) is 17.2 Å². The quantitative estimate of drug-likeness (QED) is 0.192. The Balaban J connectivity index is 1.24. The topological polar surface area (TPSA) is 69.6 Å². The van der Waals surface area contributed by atoms with E-state index in [4.69, 9.17) is 19.4 Å². The van der Waals surface area contributed by atoms with E-state index in [0.717, 1.165) is 60.3 Å². The van der Waals surface area contributed by atoms with Crippen molar-refractivity contribution in [1.29, 1.82) is 0 Å². The fourth-order valence-electron chi connectivity index (χ4n) is 6.78. The highest BCUT2D eigenvalue weighted by Gasteiger charge is 2.18. The lowest BCUT2D eigenvalue weighted by atomic mass is 10.00. The van der Waals surface area contributed by atoms with E-state index in [1.165, 1.54) is 16.2 Å². The number of benzene rings is 6. The van der Waals surface area contributed by atoms with Crippen molar-refractivity contribution in [3.8, 4) is 28.7 Å². The van der Waals surface area contributed by atoms with Crippen LogP contribution < -0.4 is 0 Å². The lowest BCUT2D eigenvalue weighted by Gasteiger charge is -2.12. The van der Waals surface area contributed by atoms with Gasteiger partial charge in [-0.1, -0.05) is 91.0 Å². The van der Waals surface area contributed by atoms with Crippen LogP contribution in [-0.2, 0) is 0 Å². The Labute approximate surface area is 262 Å². The van der Waals surface area contributed by atoms with Crippen molar-refractivity contribution in [3.05, 3.63) is 140 Å². The van der Waals surface area contributed by atoms with Crippen LogP contribution in [0.4, 0.5) is 0 Å². The molecule has 0 N–H and O–H groups in total. The Kier molecular flexibility index (Phi) is 5.19. The number of aromatic nitrogens is 5. The third-order valence-corrected chi connectivity index (χ3v) is 8.94. The summed E-state index contributed by atoms with van der Waals surface area (Å²) in [7, 11) is 0. The van der Waals surface area contributed by atoms with Gasteiger partial charge in [0.2, 0.25) is 5.95 Å². The van der Waals surface area contributed by atoms with Gasteiger partial charge < -0.3 is 4.42 Å². The van der Waals surface area contributed by atoms with Crippen LogP contribution in [0.2, 0.25) is 0 Å². The molecule has 0 saturated carbocycles. The predicted octanol–water partition coefficient (Wildman–Crippen LogP) is 9.90. The van der Waals surface area contributed by atoms with Crippen molar-refractivity contribution in [1.82, 2.24) is 24.5 Å². The normalized spacial score (nSPS) is 11.9. The van der Waals surface area contributed by atoms with E-state index in [2.05, 4.69) is 125 Å². The van der Waals surface area contributed by atoms with E-state index in [-0.39, 0.29) is 0 Å². The molecule has 6 aromatic carbocycles. The molecule has 10 rings (SSSR count). The number of para-hydroxylation sites is 2. The Bertz CT molecular complexity index is 2780. The molecule has 0 bridgehead atoms. The second-order valence-corrected chi connectivity index (χ2v) is 11.6. The molecule has 6 nitrogen and oxygen atoms in total. The smallest absolute Gasteiger partial charge is 0.238 e. The van der Waals surface area contributed by atoms with Crippen LogP contribution in [0.1, 0.15) is 0 Å². The minimum absolute atomic E-state index is 0.560. The van der Waals surface area contributed by atoms with Crippen LogP contribution in [0.25, 0.3) is 94.0 Å². The molecule has 0 aliphatic heterocycles. The van der Waals surface area contributed by atoms with Crippen molar-refractivity contribution in [3.63, 3.8) is 0 Å². The minimum Gasteiger partial charge on any atom is -0.454 e. The van der Waals surface area contributed by atoms with Crippen LogP contribution in [0.15, 0.2) is 144 Å². The standard InChI is InChI=1S/C40H23N5O/c1-2-8-28-24(7-1)13-14-25-21-26(15-17-29(25)28)38-42-39(27-16-18-32-33-19-20-41-23-37(33)46-36(32)22-27)44-40(43-38)45-34-11-5-3-9-30(34)31-10-4-6-12-35(31)45/h1-23H. The first-order valence-electron chi connectivity index (χ1n) is 15.2. The molecule has 0 unspecified atom stereocenters. The number of furan rings is 1. The summed E-state index contributed by atoms with van der Waals surface area (Å²) in [6.07, 6.45) is 3.53. The highest BCUT2D eigenvalue weighted by Crippen LogP contribution is 2.35. The number of hydrogen-bond donors (Lipinski definition) is 0. The fraction of sp³-hybridized carbons (Fsp3) is 0. The number of nitrogens with zero attached hydrogens (tertiary/aromatic N) is 5. The summed E-state index contributed by atoms with van der Waals surface area (Å²) in [5, 5.41) is 9.13. The van der Waals surface area contributed by atoms with Crippen molar-refractivity contribution in [2.75, 3.05) is 0 Å². The first-order chi connectivity index (χ1) is 22.8. The van der Waals surface area contributed by atoms with Crippen LogP contribution in [0.5, 0.6) is 0 Å². The van der Waals surface area contributed by atoms with Gasteiger partial charge in [-0.15, -0.1) is 0 Å². The SMILES string of the molecule is c1ccc2c(c1)ccc1cc(-c3nc(-c4ccc5c(c4)oc4cnccc45)nc(-n4c5ccccc5c5ccccc54)n3)ccc12. The van der Waals surface area contributed by atoms with Gasteiger partial charge in [-0.2, -0.15) is 9.97 Å². The fourth-order valence-corrected chi connectivity index (χ4v) is 6.78. The van der Waals surface area contributed by atoms with E-state index < -0.39 is 0 Å². The lowest BCUT2D eigenvalue weighted by Crippen LogP contribution is -2.06. The molecule has 214 valence electrons. The third kappa shape index (κ3) is 3.70. The maximum atomic E-state index is 6.19.